The highest BCUT2D eigenvalue weighted by Gasteiger charge is 2.25. The minimum absolute atomic E-state index is 0.0120. The molecule has 0 aliphatic carbocycles. The average molecular weight is 473 g/mol. The van der Waals surface area contributed by atoms with Gasteiger partial charge in [-0.15, -0.1) is 22.7 Å². The molecule has 0 bridgehead atoms. The lowest BCUT2D eigenvalue weighted by molar-refractivity contribution is -0.115. The number of primary amides is 1. The van der Waals surface area contributed by atoms with E-state index in [0.717, 1.165) is 23.4 Å². The Morgan fingerprint density at radius 1 is 1.16 bits per heavy atom. The predicted molar refractivity (Wildman–Crippen MR) is 127 cm³/mol. The first-order valence-electron chi connectivity index (χ1n) is 10.0. The van der Waals surface area contributed by atoms with Gasteiger partial charge < -0.3 is 21.1 Å². The second kappa shape index (κ2) is 10.4. The molecule has 2 heterocycles. The summed E-state index contributed by atoms with van der Waals surface area (Å²) >= 11 is 2.35. The van der Waals surface area contributed by atoms with Crippen molar-refractivity contribution in [3.63, 3.8) is 0 Å². The van der Waals surface area contributed by atoms with E-state index in [4.69, 9.17) is 10.5 Å². The van der Waals surface area contributed by atoms with Gasteiger partial charge in [0.05, 0.1) is 29.2 Å². The Morgan fingerprint density at radius 3 is 2.50 bits per heavy atom. The van der Waals surface area contributed by atoms with E-state index in [2.05, 4.69) is 34.7 Å². The van der Waals surface area contributed by atoms with Gasteiger partial charge in [0.1, 0.15) is 5.00 Å². The summed E-state index contributed by atoms with van der Waals surface area (Å²) in [5, 5.41) is 8.63. The monoisotopic (exact) mass is 472 g/mol. The number of nitrogens with two attached hydrogens (primary N) is 1. The summed E-state index contributed by atoms with van der Waals surface area (Å²) in [6, 6.07) is 8.07. The molecule has 8 nitrogen and oxygen atoms in total. The molecule has 0 spiro atoms. The lowest BCUT2D eigenvalue weighted by atomic mass is 10.1. The lowest BCUT2D eigenvalue weighted by Crippen LogP contribution is -2.17. The molecule has 0 atom stereocenters. The average Bonchev–Trinajstić information content (AvgIpc) is 3.32. The zero-order chi connectivity index (χ0) is 23.3. The highest BCUT2D eigenvalue weighted by Crippen LogP contribution is 2.33. The Labute approximate surface area is 193 Å². The molecule has 3 rings (SSSR count). The molecule has 1 aromatic carbocycles. The molecule has 0 aliphatic rings. The number of amides is 2. The molecule has 0 radical (unpaired) electrons. The van der Waals surface area contributed by atoms with E-state index in [0.29, 0.717) is 16.4 Å². The van der Waals surface area contributed by atoms with Gasteiger partial charge in [-0.2, -0.15) is 0 Å². The molecule has 2 amide bonds. The van der Waals surface area contributed by atoms with E-state index < -0.39 is 11.9 Å². The number of carbonyl (C=O) groups is 3. The highest BCUT2D eigenvalue weighted by molar-refractivity contribution is 7.18. The van der Waals surface area contributed by atoms with Gasteiger partial charge in [-0.3, -0.25) is 9.59 Å². The highest BCUT2D eigenvalue weighted by atomic mass is 32.1. The number of hydrogen-bond acceptors (Lipinski definition) is 8. The Hall–Kier alpha value is -3.24. The summed E-state index contributed by atoms with van der Waals surface area (Å²) in [5.41, 5.74) is 8.69. The van der Waals surface area contributed by atoms with Gasteiger partial charge in [0.25, 0.3) is 5.91 Å². The second-order valence-electron chi connectivity index (χ2n) is 6.89. The molecule has 0 unspecified atom stereocenters. The van der Waals surface area contributed by atoms with Crippen LogP contribution in [0.3, 0.4) is 0 Å². The Balaban J connectivity index is 1.70. The molecule has 10 heteroatoms. The van der Waals surface area contributed by atoms with Crippen molar-refractivity contribution in [3.8, 4) is 0 Å². The van der Waals surface area contributed by atoms with Crippen LogP contribution in [0.2, 0.25) is 0 Å². The van der Waals surface area contributed by atoms with Crippen LogP contribution in [-0.4, -0.2) is 29.4 Å². The van der Waals surface area contributed by atoms with Crippen LogP contribution in [-0.2, 0) is 22.4 Å². The van der Waals surface area contributed by atoms with E-state index >= 15 is 0 Å². The lowest BCUT2D eigenvalue weighted by Gasteiger charge is -2.06. The summed E-state index contributed by atoms with van der Waals surface area (Å²) in [5.74, 6) is -1.64. The number of benzene rings is 1. The van der Waals surface area contributed by atoms with E-state index in [1.165, 1.54) is 16.9 Å². The Bertz CT molecular complexity index is 1140. The number of aromatic nitrogens is 1. The number of thiazole rings is 1. The molecule has 2 aromatic heterocycles. The van der Waals surface area contributed by atoms with E-state index in [1.807, 2.05) is 12.1 Å². The summed E-state index contributed by atoms with van der Waals surface area (Å²) in [4.78, 5) is 41.3. The number of nitrogens with zero attached hydrogens (tertiary/aromatic N) is 1. The molecule has 0 saturated carbocycles. The number of rotatable bonds is 9. The standard InChI is InChI=1S/C22H24N4O4S2/c1-4-13-6-8-14(9-7-13)24-22-25-15(11-31-22)10-16(27)26-20-17(21(29)30-5-2)12(3)18(32-20)19(23)28/h6-9,11H,4-5,10H2,1-3H3,(H2,23,28)(H,24,25)(H,26,27). The van der Waals surface area contributed by atoms with Crippen LogP contribution < -0.4 is 16.4 Å². The van der Waals surface area contributed by atoms with E-state index in [9.17, 15) is 14.4 Å². The van der Waals surface area contributed by atoms with Crippen molar-refractivity contribution in [2.24, 2.45) is 5.73 Å². The van der Waals surface area contributed by atoms with Gasteiger partial charge in [-0.25, -0.2) is 9.78 Å². The molecule has 32 heavy (non-hydrogen) atoms. The number of hydrogen-bond donors (Lipinski definition) is 3. The number of esters is 1. The van der Waals surface area contributed by atoms with Crippen molar-refractivity contribution in [1.29, 1.82) is 0 Å². The number of ether oxygens (including phenoxy) is 1. The van der Waals surface area contributed by atoms with Crippen molar-refractivity contribution >= 4 is 56.3 Å². The van der Waals surface area contributed by atoms with Crippen LogP contribution in [0.4, 0.5) is 15.8 Å². The van der Waals surface area contributed by atoms with Gasteiger partial charge in [-0.05, 0) is 43.5 Å². The van der Waals surface area contributed by atoms with Gasteiger partial charge in [0.2, 0.25) is 5.91 Å². The molecule has 0 fully saturated rings. The van der Waals surface area contributed by atoms with Gasteiger partial charge in [0.15, 0.2) is 5.13 Å². The number of carbonyl (C=O) groups excluding carboxylic acids is 3. The Kier molecular flexibility index (Phi) is 7.60. The smallest absolute Gasteiger partial charge is 0.341 e. The van der Waals surface area contributed by atoms with E-state index in [-0.39, 0.29) is 34.4 Å². The quantitative estimate of drug-likeness (QED) is 0.400. The fraction of sp³-hybridized carbons (Fsp3) is 0.273. The number of aryl methyl sites for hydroxylation is 1. The summed E-state index contributed by atoms with van der Waals surface area (Å²) < 4.78 is 5.06. The normalized spacial score (nSPS) is 10.6. The first-order chi connectivity index (χ1) is 15.3. The van der Waals surface area contributed by atoms with Crippen LogP contribution in [0.1, 0.15) is 50.7 Å². The molecular weight excluding hydrogens is 448 g/mol. The first kappa shape index (κ1) is 23.4. The fourth-order valence-corrected chi connectivity index (χ4v) is 4.81. The zero-order valence-electron chi connectivity index (χ0n) is 18.0. The minimum atomic E-state index is -0.666. The van der Waals surface area contributed by atoms with Crippen molar-refractivity contribution in [2.75, 3.05) is 17.2 Å². The molecule has 0 aliphatic heterocycles. The largest absolute Gasteiger partial charge is 0.462 e. The van der Waals surface area contributed by atoms with Crippen LogP contribution >= 0.6 is 22.7 Å². The molecule has 0 saturated heterocycles. The summed E-state index contributed by atoms with van der Waals surface area (Å²) in [7, 11) is 0. The van der Waals surface area contributed by atoms with Crippen LogP contribution in [0, 0.1) is 6.92 Å². The van der Waals surface area contributed by atoms with E-state index in [1.54, 1.807) is 19.2 Å². The second-order valence-corrected chi connectivity index (χ2v) is 8.77. The summed E-state index contributed by atoms with van der Waals surface area (Å²) in [6.45, 7) is 5.55. The van der Waals surface area contributed by atoms with Gasteiger partial charge >= 0.3 is 5.97 Å². The number of anilines is 3. The van der Waals surface area contributed by atoms with Crippen LogP contribution in [0.25, 0.3) is 0 Å². The van der Waals surface area contributed by atoms with Crippen molar-refractivity contribution in [3.05, 3.63) is 56.9 Å². The topological polar surface area (TPSA) is 123 Å². The van der Waals surface area contributed by atoms with Crippen molar-refractivity contribution in [2.45, 2.75) is 33.6 Å². The van der Waals surface area contributed by atoms with Gasteiger partial charge in [0, 0.05) is 11.1 Å². The molecule has 168 valence electrons. The maximum atomic E-state index is 12.6. The Morgan fingerprint density at radius 2 is 1.88 bits per heavy atom. The maximum Gasteiger partial charge on any atom is 0.341 e. The number of thiophene rings is 1. The number of nitrogens with one attached hydrogen (secondary N) is 2. The van der Waals surface area contributed by atoms with Crippen molar-refractivity contribution in [1.82, 2.24) is 4.98 Å². The first-order valence-corrected chi connectivity index (χ1v) is 11.7. The molecular formula is C22H24N4O4S2. The SMILES string of the molecule is CCOC(=O)c1c(NC(=O)Cc2csc(Nc3ccc(CC)cc3)n2)sc(C(N)=O)c1C. The van der Waals surface area contributed by atoms with Crippen LogP contribution in [0.15, 0.2) is 29.6 Å². The third-order valence-corrected chi connectivity index (χ3v) is 6.64. The minimum Gasteiger partial charge on any atom is -0.462 e. The van der Waals surface area contributed by atoms with Crippen molar-refractivity contribution < 1.29 is 19.1 Å². The zero-order valence-corrected chi connectivity index (χ0v) is 19.6. The molecule has 4 N–H and O–H groups in total. The third kappa shape index (κ3) is 5.51. The van der Waals surface area contributed by atoms with Crippen LogP contribution in [0.5, 0.6) is 0 Å². The fourth-order valence-electron chi connectivity index (χ4n) is 3.01. The third-order valence-electron chi connectivity index (χ3n) is 4.61. The molecule has 3 aromatic rings. The van der Waals surface area contributed by atoms with Gasteiger partial charge in [-0.1, -0.05) is 19.1 Å². The maximum absolute atomic E-state index is 12.6. The predicted octanol–water partition coefficient (Wildman–Crippen LogP) is 4.28. The summed E-state index contributed by atoms with van der Waals surface area (Å²) in [6.07, 6.45) is 0.984.